The van der Waals surface area contributed by atoms with Gasteiger partial charge in [-0.3, -0.25) is 4.79 Å². The maximum atomic E-state index is 11.3. The summed E-state index contributed by atoms with van der Waals surface area (Å²) in [4.78, 5) is 27.6. The number of amides is 1. The topological polar surface area (TPSA) is 142 Å². The summed E-state index contributed by atoms with van der Waals surface area (Å²) in [6.07, 6.45) is -4.40. The first kappa shape index (κ1) is 20.8. The number of aliphatic hydroxyl groups excluding tert-OH is 3. The molecule has 4 N–H and O–H groups in total. The number of carbonyl (C=O) groups excluding carboxylic acids is 3. The van der Waals surface area contributed by atoms with Crippen LogP contribution in [-0.4, -0.2) is 64.6 Å². The van der Waals surface area contributed by atoms with Gasteiger partial charge in [0, 0.05) is 6.92 Å². The van der Waals surface area contributed by atoms with Crippen molar-refractivity contribution in [3.8, 4) is 5.75 Å². The minimum Gasteiger partial charge on any atom is -0.463 e. The smallest absolute Gasteiger partial charge is 0.373 e. The molecule has 1 amide bonds. The Morgan fingerprint density at radius 3 is 2.48 bits per heavy atom. The van der Waals surface area contributed by atoms with E-state index < -0.39 is 37.3 Å². The quantitative estimate of drug-likeness (QED) is 0.524. The van der Waals surface area contributed by atoms with Crippen LogP contribution < -0.4 is 10.1 Å². The number of aryl methyl sites for hydroxylation is 1. The molecule has 0 saturated carbocycles. The average Bonchev–Trinajstić information content (AvgIpc) is 2.55. The lowest BCUT2D eigenvalue weighted by Gasteiger charge is -2.42. The molecule has 0 spiro atoms. The minimum atomic E-state index is -1.32. The summed E-state index contributed by atoms with van der Waals surface area (Å²) >= 11 is 0. The highest BCUT2D eigenvalue weighted by Gasteiger charge is 2.46. The van der Waals surface area contributed by atoms with Crippen LogP contribution in [0.1, 0.15) is 12.5 Å². The molecule has 1 saturated heterocycles. The molecule has 0 aliphatic carbocycles. The summed E-state index contributed by atoms with van der Waals surface area (Å²) in [5, 5.41) is 31.8. The van der Waals surface area contributed by atoms with Crippen molar-refractivity contribution in [1.82, 2.24) is 5.32 Å². The first-order valence-electron chi connectivity index (χ1n) is 7.46. The fraction of sp³-hybridized carbons (Fsp3) is 0.500. The van der Waals surface area contributed by atoms with E-state index >= 15 is 0 Å². The number of ether oxygens (including phenoxy) is 2. The molecular formula is C16H21NO8. The van der Waals surface area contributed by atoms with Crippen molar-refractivity contribution < 1.29 is 39.2 Å². The highest BCUT2D eigenvalue weighted by atomic mass is 16.7. The molecule has 9 nitrogen and oxygen atoms in total. The fourth-order valence-corrected chi connectivity index (χ4v) is 2.39. The molecule has 0 unspecified atom stereocenters. The molecular weight excluding hydrogens is 334 g/mol. The summed E-state index contributed by atoms with van der Waals surface area (Å²) in [6.45, 7) is 2.72. The molecule has 0 radical (unpaired) electrons. The number of aliphatic hydroxyl groups is 3. The lowest BCUT2D eigenvalue weighted by molar-refractivity contribution is -0.244. The Kier molecular flexibility index (Phi) is 8.20. The van der Waals surface area contributed by atoms with Crippen LogP contribution in [0.3, 0.4) is 0 Å². The van der Waals surface area contributed by atoms with Gasteiger partial charge >= 0.3 is 6.15 Å². The third-order valence-corrected chi connectivity index (χ3v) is 3.49. The Balaban J connectivity index is 0.000000970. The van der Waals surface area contributed by atoms with Gasteiger partial charge in [0.1, 0.15) is 30.1 Å². The summed E-state index contributed by atoms with van der Waals surface area (Å²) in [5.41, 5.74) is 0.976. The number of nitrogens with one attached hydrogen (secondary N) is 1. The van der Waals surface area contributed by atoms with Gasteiger partial charge in [0.15, 0.2) is 0 Å². The lowest BCUT2D eigenvalue weighted by Crippen LogP contribution is -2.65. The van der Waals surface area contributed by atoms with Crippen LogP contribution in [0.2, 0.25) is 0 Å². The number of rotatable bonds is 4. The summed E-state index contributed by atoms with van der Waals surface area (Å²) in [6, 6.07) is 6.24. The van der Waals surface area contributed by atoms with E-state index in [4.69, 9.17) is 19.1 Å². The van der Waals surface area contributed by atoms with E-state index in [1.165, 1.54) is 6.92 Å². The first-order chi connectivity index (χ1) is 11.8. The zero-order valence-corrected chi connectivity index (χ0v) is 13.8. The third kappa shape index (κ3) is 5.93. The van der Waals surface area contributed by atoms with Gasteiger partial charge in [0.2, 0.25) is 12.2 Å². The van der Waals surface area contributed by atoms with Gasteiger partial charge < -0.3 is 30.1 Å². The molecule has 25 heavy (non-hydrogen) atoms. The molecule has 5 atom stereocenters. The third-order valence-electron chi connectivity index (χ3n) is 3.49. The summed E-state index contributed by atoms with van der Waals surface area (Å²) in [7, 11) is 0. The predicted octanol–water partition coefficient (Wildman–Crippen LogP) is -1.27. The van der Waals surface area contributed by atoms with Gasteiger partial charge in [-0.1, -0.05) is 12.1 Å². The van der Waals surface area contributed by atoms with Gasteiger partial charge in [0.05, 0.1) is 6.61 Å². The van der Waals surface area contributed by atoms with Crippen molar-refractivity contribution in [3.63, 3.8) is 0 Å². The van der Waals surface area contributed by atoms with Crippen LogP contribution >= 0.6 is 0 Å². The van der Waals surface area contributed by atoms with Crippen molar-refractivity contribution in [3.05, 3.63) is 29.8 Å². The van der Waals surface area contributed by atoms with Crippen molar-refractivity contribution in [2.75, 3.05) is 6.61 Å². The van der Waals surface area contributed by atoms with Gasteiger partial charge in [-0.05, 0) is 24.6 Å². The van der Waals surface area contributed by atoms with Crippen LogP contribution in [0.5, 0.6) is 5.75 Å². The molecule has 1 aliphatic heterocycles. The van der Waals surface area contributed by atoms with Crippen LogP contribution in [0.4, 0.5) is 0 Å². The van der Waals surface area contributed by atoms with Crippen LogP contribution in [0.15, 0.2) is 24.3 Å². The lowest BCUT2D eigenvalue weighted by atomic mass is 9.97. The average molecular weight is 355 g/mol. The number of hydrogen-bond donors (Lipinski definition) is 4. The van der Waals surface area contributed by atoms with Crippen molar-refractivity contribution in [2.45, 2.75) is 44.5 Å². The van der Waals surface area contributed by atoms with Crippen molar-refractivity contribution >= 4 is 12.1 Å². The predicted molar refractivity (Wildman–Crippen MR) is 82.2 cm³/mol. The van der Waals surface area contributed by atoms with Crippen LogP contribution in [0.25, 0.3) is 0 Å². The normalized spacial score (nSPS) is 28.1. The molecule has 1 aromatic rings. The van der Waals surface area contributed by atoms with Crippen molar-refractivity contribution in [2.24, 2.45) is 0 Å². The Morgan fingerprint density at radius 2 is 1.96 bits per heavy atom. The summed E-state index contributed by atoms with van der Waals surface area (Å²) < 4.78 is 11.2. The van der Waals surface area contributed by atoms with E-state index in [2.05, 4.69) is 5.32 Å². The molecule has 0 bridgehead atoms. The second-order valence-corrected chi connectivity index (χ2v) is 5.45. The molecule has 1 aromatic carbocycles. The van der Waals surface area contributed by atoms with E-state index in [1.807, 2.05) is 13.0 Å². The molecule has 0 aromatic heterocycles. The zero-order valence-electron chi connectivity index (χ0n) is 13.8. The molecule has 1 fully saturated rings. The van der Waals surface area contributed by atoms with E-state index in [0.29, 0.717) is 5.75 Å². The fourth-order valence-electron chi connectivity index (χ4n) is 2.39. The monoisotopic (exact) mass is 355 g/mol. The number of benzene rings is 1. The first-order valence-corrected chi connectivity index (χ1v) is 7.46. The van der Waals surface area contributed by atoms with Crippen LogP contribution in [0, 0.1) is 6.92 Å². The Morgan fingerprint density at radius 1 is 1.32 bits per heavy atom. The Hall–Kier alpha value is -2.29. The molecule has 138 valence electrons. The van der Waals surface area contributed by atoms with Gasteiger partial charge in [0.25, 0.3) is 0 Å². The largest absolute Gasteiger partial charge is 0.463 e. The Labute approximate surface area is 144 Å². The van der Waals surface area contributed by atoms with E-state index in [1.54, 1.807) is 18.2 Å². The highest BCUT2D eigenvalue weighted by molar-refractivity contribution is 5.73. The molecule has 9 heteroatoms. The van der Waals surface area contributed by atoms with Gasteiger partial charge in [-0.25, -0.2) is 0 Å². The minimum absolute atomic E-state index is 0.250. The Bertz CT molecular complexity index is 602. The van der Waals surface area contributed by atoms with E-state index in [-0.39, 0.29) is 12.1 Å². The number of carbonyl (C=O) groups is 1. The molecule has 1 heterocycles. The van der Waals surface area contributed by atoms with Crippen LogP contribution in [-0.2, 0) is 19.1 Å². The maximum absolute atomic E-state index is 11.3. The van der Waals surface area contributed by atoms with Gasteiger partial charge in [-0.2, -0.15) is 9.59 Å². The standard InChI is InChI=1S/C15H21NO6.CO2/c1-8-4-3-5-10(6-8)21-15-12(16-9(2)18)14(20)13(19)11(7-17)22-15;2-1-3/h3-6,11-15,17,19-20H,7H2,1-2H3,(H,16,18);/t11-,12-,13+,14-,15-;/m1./s1. The molecule has 1 aliphatic rings. The van der Waals surface area contributed by atoms with E-state index in [0.717, 1.165) is 5.56 Å². The van der Waals surface area contributed by atoms with E-state index in [9.17, 15) is 20.1 Å². The van der Waals surface area contributed by atoms with Gasteiger partial charge in [-0.15, -0.1) is 0 Å². The van der Waals surface area contributed by atoms with Crippen molar-refractivity contribution in [1.29, 1.82) is 0 Å². The second kappa shape index (κ2) is 9.87. The SMILES string of the molecule is CC(=O)N[C@H]1[C@H](Oc2cccc(C)c2)O[C@H](CO)[C@H](O)[C@@H]1O.O=C=O. The number of hydrogen-bond acceptors (Lipinski definition) is 8. The summed E-state index contributed by atoms with van der Waals surface area (Å²) in [5.74, 6) is 0.112. The zero-order chi connectivity index (χ0) is 19.0. The highest BCUT2D eigenvalue weighted by Crippen LogP contribution is 2.24. The second-order valence-electron chi connectivity index (χ2n) is 5.45. The maximum Gasteiger partial charge on any atom is 0.373 e. The molecule has 2 rings (SSSR count).